The van der Waals surface area contributed by atoms with E-state index in [9.17, 15) is 9.90 Å². The molecule has 1 N–H and O–H groups in total. The van der Waals surface area contributed by atoms with Crippen LogP contribution in [0.3, 0.4) is 0 Å². The molecule has 2 aliphatic rings. The largest absolute Gasteiger partial charge is 0.481 e. The molecule has 2 aromatic rings. The lowest BCUT2D eigenvalue weighted by Gasteiger charge is -2.25. The highest BCUT2D eigenvalue weighted by atomic mass is 16.4. The van der Waals surface area contributed by atoms with Crippen LogP contribution in [0.2, 0.25) is 0 Å². The van der Waals surface area contributed by atoms with E-state index in [4.69, 9.17) is 0 Å². The molecular weight excluding hydrogens is 334 g/mol. The summed E-state index contributed by atoms with van der Waals surface area (Å²) in [5.41, 5.74) is -0.790. The summed E-state index contributed by atoms with van der Waals surface area (Å²) in [6.45, 7) is 7.10. The van der Waals surface area contributed by atoms with E-state index in [1.54, 1.807) is 24.8 Å². The first-order chi connectivity index (χ1) is 12.5. The predicted octanol–water partition coefficient (Wildman–Crippen LogP) is 0.672. The maximum atomic E-state index is 12.2. The first-order valence-corrected chi connectivity index (χ1v) is 8.86. The maximum absolute atomic E-state index is 12.2. The summed E-state index contributed by atoms with van der Waals surface area (Å²) in [5.74, 6) is 0.783. The molecule has 0 unspecified atom stereocenters. The fourth-order valence-electron chi connectivity index (χ4n) is 4.21. The number of hydrogen-bond donors (Lipinski definition) is 1. The number of nitrogens with zero attached hydrogens (tertiary/aromatic N) is 7. The molecule has 9 nitrogen and oxygen atoms in total. The van der Waals surface area contributed by atoms with Crippen LogP contribution in [0, 0.1) is 11.3 Å². The summed E-state index contributed by atoms with van der Waals surface area (Å²) in [6, 6.07) is 2.04. The first-order valence-electron chi connectivity index (χ1n) is 8.86. The van der Waals surface area contributed by atoms with Gasteiger partial charge in [-0.2, -0.15) is 0 Å². The Hall–Kier alpha value is -2.55. The van der Waals surface area contributed by atoms with Gasteiger partial charge < -0.3 is 14.6 Å². The number of aliphatic carboxylic acids is 1. The molecule has 138 valence electrons. The van der Waals surface area contributed by atoms with Gasteiger partial charge >= 0.3 is 5.97 Å². The molecule has 2 saturated heterocycles. The molecule has 0 aliphatic carbocycles. The van der Waals surface area contributed by atoms with Gasteiger partial charge in [-0.15, -0.1) is 10.2 Å². The molecular formula is C17H23N7O2. The van der Waals surface area contributed by atoms with Crippen molar-refractivity contribution in [3.8, 4) is 0 Å². The van der Waals surface area contributed by atoms with E-state index in [-0.39, 0.29) is 12.0 Å². The SMILES string of the molecule is CC(C)n1cnnc1CN1C[C@H]2CN(c3ncccn3)C[C@@]2(C(=O)O)C1. The average molecular weight is 357 g/mol. The number of aromatic nitrogens is 5. The Morgan fingerprint density at radius 1 is 1.31 bits per heavy atom. The second-order valence-electron chi connectivity index (χ2n) is 7.51. The normalized spacial score (nSPS) is 25.8. The number of carboxylic acids is 1. The number of hydrogen-bond acceptors (Lipinski definition) is 7. The van der Waals surface area contributed by atoms with Crippen LogP contribution >= 0.6 is 0 Å². The van der Waals surface area contributed by atoms with Crippen LogP contribution in [0.25, 0.3) is 0 Å². The van der Waals surface area contributed by atoms with Gasteiger partial charge in [0, 0.05) is 50.5 Å². The van der Waals surface area contributed by atoms with Gasteiger partial charge in [0.1, 0.15) is 17.6 Å². The van der Waals surface area contributed by atoms with Crippen LogP contribution in [0.5, 0.6) is 0 Å². The molecule has 9 heteroatoms. The number of fused-ring (bicyclic) bond motifs is 1. The second kappa shape index (κ2) is 6.31. The second-order valence-corrected chi connectivity index (χ2v) is 7.51. The van der Waals surface area contributed by atoms with Gasteiger partial charge in [0.15, 0.2) is 0 Å². The molecule has 2 fully saturated rings. The lowest BCUT2D eigenvalue weighted by Crippen LogP contribution is -2.41. The lowest BCUT2D eigenvalue weighted by molar-refractivity contribution is -0.148. The van der Waals surface area contributed by atoms with Crippen molar-refractivity contribution in [3.05, 3.63) is 30.6 Å². The molecule has 2 atom stereocenters. The Morgan fingerprint density at radius 3 is 2.73 bits per heavy atom. The summed E-state index contributed by atoms with van der Waals surface area (Å²) >= 11 is 0. The first kappa shape index (κ1) is 16.9. The Bertz CT molecular complexity index is 793. The summed E-state index contributed by atoms with van der Waals surface area (Å²) in [7, 11) is 0. The fraction of sp³-hybridized carbons (Fsp3) is 0.588. The van der Waals surface area contributed by atoms with E-state index in [1.165, 1.54) is 0 Å². The Kier molecular flexibility index (Phi) is 4.10. The molecule has 0 spiro atoms. The number of carbonyl (C=O) groups is 1. The van der Waals surface area contributed by atoms with Gasteiger partial charge in [-0.25, -0.2) is 9.97 Å². The van der Waals surface area contributed by atoms with E-state index in [0.717, 1.165) is 12.4 Å². The predicted molar refractivity (Wildman–Crippen MR) is 93.5 cm³/mol. The molecule has 2 aromatic heterocycles. The molecule has 0 bridgehead atoms. The van der Waals surface area contributed by atoms with E-state index in [2.05, 4.69) is 38.9 Å². The Morgan fingerprint density at radius 2 is 2.08 bits per heavy atom. The molecule has 4 rings (SSSR count). The third-order valence-corrected chi connectivity index (χ3v) is 5.51. The van der Waals surface area contributed by atoms with Gasteiger partial charge in [-0.3, -0.25) is 9.69 Å². The monoisotopic (exact) mass is 357 g/mol. The molecule has 2 aliphatic heterocycles. The maximum Gasteiger partial charge on any atom is 0.313 e. The van der Waals surface area contributed by atoms with Gasteiger partial charge in [0.05, 0.1) is 6.54 Å². The van der Waals surface area contributed by atoms with Crippen molar-refractivity contribution in [2.45, 2.75) is 26.4 Å². The van der Waals surface area contributed by atoms with Crippen LogP contribution in [0.1, 0.15) is 25.7 Å². The van der Waals surface area contributed by atoms with Crippen molar-refractivity contribution in [3.63, 3.8) is 0 Å². The summed E-state index contributed by atoms with van der Waals surface area (Å²) in [6.07, 6.45) is 5.11. The smallest absolute Gasteiger partial charge is 0.313 e. The third kappa shape index (κ3) is 2.72. The highest BCUT2D eigenvalue weighted by molar-refractivity contribution is 5.78. The topological polar surface area (TPSA) is 100 Å². The average Bonchev–Trinajstić information content (AvgIpc) is 3.28. The minimum absolute atomic E-state index is 0.0410. The van der Waals surface area contributed by atoms with Crippen molar-refractivity contribution in [1.82, 2.24) is 29.6 Å². The third-order valence-electron chi connectivity index (χ3n) is 5.51. The van der Waals surface area contributed by atoms with Gasteiger partial charge in [0.25, 0.3) is 0 Å². The molecule has 0 amide bonds. The van der Waals surface area contributed by atoms with Crippen molar-refractivity contribution < 1.29 is 9.90 Å². The van der Waals surface area contributed by atoms with Crippen molar-refractivity contribution in [2.24, 2.45) is 11.3 Å². The molecule has 0 radical (unpaired) electrons. The van der Waals surface area contributed by atoms with E-state index >= 15 is 0 Å². The Labute approximate surface area is 151 Å². The van der Waals surface area contributed by atoms with Crippen molar-refractivity contribution in [2.75, 3.05) is 31.1 Å². The van der Waals surface area contributed by atoms with Crippen LogP contribution in [0.15, 0.2) is 24.8 Å². The molecule has 0 saturated carbocycles. The minimum atomic E-state index is -0.790. The quantitative estimate of drug-likeness (QED) is 0.833. The van der Waals surface area contributed by atoms with Crippen LogP contribution in [-0.2, 0) is 11.3 Å². The zero-order chi connectivity index (χ0) is 18.3. The fourth-order valence-corrected chi connectivity index (χ4v) is 4.21. The van der Waals surface area contributed by atoms with E-state index in [1.807, 2.05) is 9.47 Å². The molecule has 0 aromatic carbocycles. The van der Waals surface area contributed by atoms with E-state index < -0.39 is 11.4 Å². The van der Waals surface area contributed by atoms with Crippen LogP contribution < -0.4 is 4.90 Å². The van der Waals surface area contributed by atoms with E-state index in [0.29, 0.717) is 32.1 Å². The lowest BCUT2D eigenvalue weighted by atomic mass is 9.81. The number of anilines is 1. The number of carboxylic acid groups (broad SMARTS) is 1. The number of likely N-dealkylation sites (tertiary alicyclic amines) is 1. The summed E-state index contributed by atoms with van der Waals surface area (Å²) in [5, 5.41) is 18.2. The summed E-state index contributed by atoms with van der Waals surface area (Å²) < 4.78 is 2.03. The summed E-state index contributed by atoms with van der Waals surface area (Å²) in [4.78, 5) is 24.9. The standard InChI is InChI=1S/C17H23N7O2/c1-12(2)24-11-20-21-14(24)8-22-6-13-7-23(16-18-4-3-5-19-16)10-17(13,9-22)15(25)26/h3-5,11-13H,6-10H2,1-2H3,(H,25,26)/t13-,17-/m0/s1. The van der Waals surface area contributed by atoms with Gasteiger partial charge in [0.2, 0.25) is 5.95 Å². The van der Waals surface area contributed by atoms with Gasteiger partial charge in [-0.1, -0.05) is 0 Å². The highest BCUT2D eigenvalue weighted by Crippen LogP contribution is 2.44. The Balaban J connectivity index is 1.52. The van der Waals surface area contributed by atoms with Crippen molar-refractivity contribution >= 4 is 11.9 Å². The zero-order valence-corrected chi connectivity index (χ0v) is 15.0. The van der Waals surface area contributed by atoms with Crippen LogP contribution in [0.4, 0.5) is 5.95 Å². The highest BCUT2D eigenvalue weighted by Gasteiger charge is 2.58. The van der Waals surface area contributed by atoms with Crippen LogP contribution in [-0.4, -0.2) is 66.9 Å². The zero-order valence-electron chi connectivity index (χ0n) is 15.0. The van der Waals surface area contributed by atoms with Gasteiger partial charge in [-0.05, 0) is 19.9 Å². The number of rotatable bonds is 5. The minimum Gasteiger partial charge on any atom is -0.481 e. The van der Waals surface area contributed by atoms with Crippen molar-refractivity contribution in [1.29, 1.82) is 0 Å². The molecule has 26 heavy (non-hydrogen) atoms. The molecule has 4 heterocycles.